The highest BCUT2D eigenvalue weighted by atomic mass is 32.2. The van der Waals surface area contributed by atoms with Crippen molar-refractivity contribution in [1.29, 1.82) is 0 Å². The van der Waals surface area contributed by atoms with Gasteiger partial charge in [0.25, 0.3) is 0 Å². The smallest absolute Gasteiger partial charge is 0.228 e. The van der Waals surface area contributed by atoms with Crippen molar-refractivity contribution in [1.82, 2.24) is 15.0 Å². The zero-order valence-electron chi connectivity index (χ0n) is 12.1. The summed E-state index contributed by atoms with van der Waals surface area (Å²) < 4.78 is 9.12. The number of hydrogen-bond acceptors (Lipinski definition) is 5. The van der Waals surface area contributed by atoms with E-state index in [0.29, 0.717) is 12.5 Å². The standard InChI is InChI=1S/C16H16N4OS/c1-2-8-22-20-13-9-17-15-14(13)16(19-11-18-15)21-10-12-6-4-3-5-7-12/h2-9,11,20H,10H2,1H3,(H,17,18,19)/b8-2+. The second-order valence-corrected chi connectivity index (χ2v) is 5.28. The number of anilines is 1. The van der Waals surface area contributed by atoms with Crippen LogP contribution in [0.3, 0.4) is 0 Å². The fourth-order valence-corrected chi connectivity index (χ4v) is 2.51. The van der Waals surface area contributed by atoms with Crippen LogP contribution in [-0.4, -0.2) is 15.0 Å². The Morgan fingerprint density at radius 1 is 1.27 bits per heavy atom. The third kappa shape index (κ3) is 3.23. The quantitative estimate of drug-likeness (QED) is 0.670. The van der Waals surface area contributed by atoms with Crippen LogP contribution in [0.4, 0.5) is 5.69 Å². The van der Waals surface area contributed by atoms with Crippen molar-refractivity contribution in [3.8, 4) is 5.88 Å². The number of ether oxygens (including phenoxy) is 1. The molecule has 6 heteroatoms. The number of fused-ring (bicyclic) bond motifs is 1. The molecule has 112 valence electrons. The number of rotatable bonds is 6. The molecule has 0 aliphatic heterocycles. The SMILES string of the molecule is C/C=C/SNc1c[nH]c2ncnc(OCc3ccccc3)c12. The summed E-state index contributed by atoms with van der Waals surface area (Å²) in [5, 5.41) is 2.82. The number of allylic oxidation sites excluding steroid dienone is 1. The molecule has 0 fully saturated rings. The van der Waals surface area contributed by atoms with Crippen molar-refractivity contribution in [2.45, 2.75) is 13.5 Å². The molecular formula is C16H16N4OS. The molecule has 0 saturated carbocycles. The Kier molecular flexibility index (Phi) is 4.60. The Labute approximate surface area is 133 Å². The maximum Gasteiger partial charge on any atom is 0.228 e. The molecule has 0 unspecified atom stereocenters. The highest BCUT2D eigenvalue weighted by Gasteiger charge is 2.12. The summed E-state index contributed by atoms with van der Waals surface area (Å²) in [5.74, 6) is 0.568. The fourth-order valence-electron chi connectivity index (χ4n) is 2.02. The van der Waals surface area contributed by atoms with Crippen LogP contribution in [-0.2, 0) is 6.61 Å². The maximum absolute atomic E-state index is 5.87. The Balaban J connectivity index is 1.83. The summed E-state index contributed by atoms with van der Waals surface area (Å²) in [4.78, 5) is 11.6. The first-order valence-electron chi connectivity index (χ1n) is 6.90. The normalized spacial score (nSPS) is 11.1. The fraction of sp³-hybridized carbons (Fsp3) is 0.125. The van der Waals surface area contributed by atoms with Gasteiger partial charge >= 0.3 is 0 Å². The highest BCUT2D eigenvalue weighted by Crippen LogP contribution is 2.31. The minimum Gasteiger partial charge on any atom is -0.472 e. The van der Waals surface area contributed by atoms with E-state index in [1.54, 1.807) is 0 Å². The zero-order valence-corrected chi connectivity index (χ0v) is 12.9. The van der Waals surface area contributed by atoms with Crippen LogP contribution in [0, 0.1) is 0 Å². The number of hydrogen-bond donors (Lipinski definition) is 2. The van der Waals surface area contributed by atoms with Gasteiger partial charge in [0.1, 0.15) is 24.0 Å². The van der Waals surface area contributed by atoms with Crippen LogP contribution in [0.25, 0.3) is 11.0 Å². The van der Waals surface area contributed by atoms with E-state index in [-0.39, 0.29) is 0 Å². The van der Waals surface area contributed by atoms with Gasteiger partial charge in [-0.1, -0.05) is 36.4 Å². The molecule has 3 aromatic rings. The summed E-state index contributed by atoms with van der Waals surface area (Å²) in [5.41, 5.74) is 2.76. The van der Waals surface area contributed by atoms with Gasteiger partial charge in [-0.25, -0.2) is 9.97 Å². The van der Waals surface area contributed by atoms with Gasteiger partial charge in [0.15, 0.2) is 0 Å². The Hall–Kier alpha value is -2.47. The van der Waals surface area contributed by atoms with Gasteiger partial charge in [-0.15, -0.1) is 0 Å². The predicted molar refractivity (Wildman–Crippen MR) is 90.7 cm³/mol. The molecule has 0 aliphatic rings. The molecule has 0 aliphatic carbocycles. The van der Waals surface area contributed by atoms with Gasteiger partial charge in [-0.3, -0.25) is 0 Å². The molecule has 0 spiro atoms. The molecule has 3 rings (SSSR count). The van der Waals surface area contributed by atoms with Crippen molar-refractivity contribution in [3.05, 3.63) is 59.9 Å². The van der Waals surface area contributed by atoms with Crippen LogP contribution >= 0.6 is 11.9 Å². The van der Waals surface area contributed by atoms with Crippen LogP contribution in [0.2, 0.25) is 0 Å². The average Bonchev–Trinajstić information content (AvgIpc) is 2.98. The number of benzene rings is 1. The molecular weight excluding hydrogens is 296 g/mol. The Bertz CT molecular complexity index is 770. The van der Waals surface area contributed by atoms with Gasteiger partial charge in [0.05, 0.1) is 5.69 Å². The van der Waals surface area contributed by atoms with E-state index in [9.17, 15) is 0 Å². The number of nitrogens with zero attached hydrogens (tertiary/aromatic N) is 2. The minimum atomic E-state index is 0.472. The van der Waals surface area contributed by atoms with E-state index in [2.05, 4.69) is 19.7 Å². The van der Waals surface area contributed by atoms with E-state index in [1.165, 1.54) is 18.3 Å². The van der Waals surface area contributed by atoms with Crippen molar-refractivity contribution in [2.75, 3.05) is 4.72 Å². The molecule has 0 amide bonds. The van der Waals surface area contributed by atoms with Crippen LogP contribution in [0.1, 0.15) is 12.5 Å². The Morgan fingerprint density at radius 2 is 2.14 bits per heavy atom. The zero-order chi connectivity index (χ0) is 15.2. The topological polar surface area (TPSA) is 62.8 Å². The number of aromatic nitrogens is 3. The molecule has 0 bridgehead atoms. The Morgan fingerprint density at radius 3 is 2.95 bits per heavy atom. The maximum atomic E-state index is 5.87. The lowest BCUT2D eigenvalue weighted by Crippen LogP contribution is -1.98. The second kappa shape index (κ2) is 7.00. The van der Waals surface area contributed by atoms with Crippen molar-refractivity contribution < 1.29 is 4.74 Å². The minimum absolute atomic E-state index is 0.472. The summed E-state index contributed by atoms with van der Waals surface area (Å²) in [6.45, 7) is 2.45. The number of H-pyrrole nitrogens is 1. The molecule has 1 aromatic carbocycles. The van der Waals surface area contributed by atoms with Crippen LogP contribution < -0.4 is 9.46 Å². The summed E-state index contributed by atoms with van der Waals surface area (Å²) in [6.07, 6.45) is 5.34. The first-order valence-corrected chi connectivity index (χ1v) is 7.78. The van der Waals surface area contributed by atoms with E-state index in [0.717, 1.165) is 22.3 Å². The monoisotopic (exact) mass is 312 g/mol. The molecule has 0 radical (unpaired) electrons. The lowest BCUT2D eigenvalue weighted by Gasteiger charge is -2.07. The largest absolute Gasteiger partial charge is 0.472 e. The molecule has 2 heterocycles. The summed E-state index contributed by atoms with van der Waals surface area (Å²) in [7, 11) is 0. The van der Waals surface area contributed by atoms with Crippen molar-refractivity contribution in [2.24, 2.45) is 0 Å². The lowest BCUT2D eigenvalue weighted by molar-refractivity contribution is 0.298. The van der Waals surface area contributed by atoms with Crippen LogP contribution in [0.5, 0.6) is 5.88 Å². The van der Waals surface area contributed by atoms with E-state index >= 15 is 0 Å². The molecule has 22 heavy (non-hydrogen) atoms. The molecule has 2 aromatic heterocycles. The number of nitrogens with one attached hydrogen (secondary N) is 2. The molecule has 5 nitrogen and oxygen atoms in total. The van der Waals surface area contributed by atoms with Crippen LogP contribution in [0.15, 0.2) is 54.3 Å². The van der Waals surface area contributed by atoms with Crippen molar-refractivity contribution in [3.63, 3.8) is 0 Å². The lowest BCUT2D eigenvalue weighted by atomic mass is 10.2. The second-order valence-electron chi connectivity index (χ2n) is 4.57. The summed E-state index contributed by atoms with van der Waals surface area (Å²) >= 11 is 1.49. The van der Waals surface area contributed by atoms with E-state index in [1.807, 2.05) is 54.9 Å². The third-order valence-electron chi connectivity index (χ3n) is 3.03. The molecule has 2 N–H and O–H groups in total. The predicted octanol–water partition coefficient (Wildman–Crippen LogP) is 4.13. The highest BCUT2D eigenvalue weighted by molar-refractivity contribution is 8.03. The van der Waals surface area contributed by atoms with Gasteiger partial charge in [0.2, 0.25) is 5.88 Å². The van der Waals surface area contributed by atoms with E-state index < -0.39 is 0 Å². The number of aromatic amines is 1. The van der Waals surface area contributed by atoms with Crippen molar-refractivity contribution >= 4 is 28.7 Å². The molecule has 0 atom stereocenters. The molecule has 0 saturated heterocycles. The van der Waals surface area contributed by atoms with E-state index in [4.69, 9.17) is 4.74 Å². The van der Waals surface area contributed by atoms with Gasteiger partial charge in [-0.05, 0) is 29.8 Å². The third-order valence-corrected chi connectivity index (χ3v) is 3.77. The average molecular weight is 312 g/mol. The van der Waals surface area contributed by atoms with Gasteiger partial charge in [-0.2, -0.15) is 0 Å². The first kappa shape index (κ1) is 14.5. The summed E-state index contributed by atoms with van der Waals surface area (Å²) in [6, 6.07) is 10.0. The first-order chi connectivity index (χ1) is 10.9. The van der Waals surface area contributed by atoms with Gasteiger partial charge < -0.3 is 14.4 Å². The van der Waals surface area contributed by atoms with Gasteiger partial charge in [0, 0.05) is 6.20 Å².